The lowest BCUT2D eigenvalue weighted by atomic mass is 9.94. The highest BCUT2D eigenvalue weighted by Gasteiger charge is 2.66. The van der Waals surface area contributed by atoms with Gasteiger partial charge in [0, 0.05) is 6.20 Å². The van der Waals surface area contributed by atoms with Crippen LogP contribution in [-0.4, -0.2) is 49.2 Å². The molecule has 0 aromatic carbocycles. The molecular weight excluding hydrogens is 338 g/mol. The van der Waals surface area contributed by atoms with Gasteiger partial charge in [-0.3, -0.25) is 0 Å². The summed E-state index contributed by atoms with van der Waals surface area (Å²) in [6, 6.07) is 1.76. The van der Waals surface area contributed by atoms with Crippen molar-refractivity contribution in [1.29, 1.82) is 0 Å². The fourth-order valence-corrected chi connectivity index (χ4v) is 3.78. The van der Waals surface area contributed by atoms with E-state index in [1.54, 1.807) is 37.6 Å². The quantitative estimate of drug-likeness (QED) is 0.824. The van der Waals surface area contributed by atoms with E-state index in [9.17, 15) is 9.90 Å². The van der Waals surface area contributed by atoms with Gasteiger partial charge in [0.2, 0.25) is 0 Å². The first kappa shape index (κ1) is 15.8. The van der Waals surface area contributed by atoms with E-state index in [-0.39, 0.29) is 0 Å². The number of aliphatic carboxylic acids is 1. The minimum atomic E-state index is -1.16. The van der Waals surface area contributed by atoms with Gasteiger partial charge in [0.15, 0.2) is 18.1 Å². The van der Waals surface area contributed by atoms with Crippen molar-refractivity contribution in [2.24, 2.45) is 0 Å². The molecule has 1 N–H and O–H groups in total. The maximum Gasteiger partial charge on any atom is 0.336 e. The average Bonchev–Trinajstić information content (AvgIpc) is 3.07. The van der Waals surface area contributed by atoms with Crippen molar-refractivity contribution in [3.8, 4) is 0 Å². The van der Waals surface area contributed by atoms with Crippen molar-refractivity contribution in [3.05, 3.63) is 23.7 Å². The fourth-order valence-electron chi connectivity index (χ4n) is 3.58. The molecule has 4 atom stereocenters. The predicted octanol–water partition coefficient (Wildman–Crippen LogP) is 1.98. The molecule has 128 valence electrons. The SMILES string of the molecule is CC1(C)OC2C(n3ccc4c(Cl)ncnc43)OC(C(=O)O)C2(C)O1. The van der Waals surface area contributed by atoms with E-state index in [2.05, 4.69) is 9.97 Å². The molecule has 4 heterocycles. The molecule has 8 nitrogen and oxygen atoms in total. The molecule has 2 aliphatic rings. The molecule has 0 radical (unpaired) electrons. The smallest absolute Gasteiger partial charge is 0.336 e. The Bertz CT molecular complexity index is 838. The van der Waals surface area contributed by atoms with E-state index in [4.69, 9.17) is 25.8 Å². The number of hydrogen-bond donors (Lipinski definition) is 1. The molecule has 2 aromatic heterocycles. The fraction of sp³-hybridized carbons (Fsp3) is 0.533. The van der Waals surface area contributed by atoms with Crippen LogP contribution in [0.1, 0.15) is 27.0 Å². The van der Waals surface area contributed by atoms with Crippen LogP contribution in [0.15, 0.2) is 18.6 Å². The van der Waals surface area contributed by atoms with Crippen LogP contribution in [0.4, 0.5) is 0 Å². The number of carboxylic acids is 1. The third kappa shape index (κ3) is 2.07. The summed E-state index contributed by atoms with van der Waals surface area (Å²) in [6.07, 6.45) is 0.595. The zero-order valence-electron chi connectivity index (χ0n) is 13.3. The van der Waals surface area contributed by atoms with Gasteiger partial charge in [-0.15, -0.1) is 0 Å². The molecule has 0 bridgehead atoms. The number of carbonyl (C=O) groups is 1. The van der Waals surface area contributed by atoms with E-state index >= 15 is 0 Å². The van der Waals surface area contributed by atoms with Gasteiger partial charge in [-0.25, -0.2) is 14.8 Å². The zero-order valence-corrected chi connectivity index (χ0v) is 14.0. The summed E-state index contributed by atoms with van der Waals surface area (Å²) in [5.74, 6) is -2.01. The monoisotopic (exact) mass is 353 g/mol. The molecule has 2 aliphatic heterocycles. The van der Waals surface area contributed by atoms with Gasteiger partial charge in [-0.2, -0.15) is 0 Å². The van der Waals surface area contributed by atoms with Crippen LogP contribution in [0, 0.1) is 0 Å². The van der Waals surface area contributed by atoms with Crippen LogP contribution >= 0.6 is 11.6 Å². The van der Waals surface area contributed by atoms with Crippen molar-refractivity contribution < 1.29 is 24.1 Å². The second kappa shape index (κ2) is 4.89. The molecule has 2 fully saturated rings. The molecule has 0 saturated carbocycles. The highest BCUT2D eigenvalue weighted by molar-refractivity contribution is 6.33. The van der Waals surface area contributed by atoms with Crippen molar-refractivity contribution >= 4 is 28.6 Å². The van der Waals surface area contributed by atoms with E-state index in [0.717, 1.165) is 0 Å². The Hall–Kier alpha value is -1.74. The largest absolute Gasteiger partial charge is 0.479 e. The number of hydrogen-bond acceptors (Lipinski definition) is 6. The van der Waals surface area contributed by atoms with Crippen LogP contribution in [-0.2, 0) is 19.0 Å². The number of fused-ring (bicyclic) bond motifs is 2. The molecule has 4 unspecified atom stereocenters. The Morgan fingerprint density at radius 2 is 2.12 bits per heavy atom. The van der Waals surface area contributed by atoms with Crippen molar-refractivity contribution in [2.75, 3.05) is 0 Å². The average molecular weight is 354 g/mol. The Labute approximate surface area is 142 Å². The number of aromatic nitrogens is 3. The van der Waals surface area contributed by atoms with E-state index in [0.29, 0.717) is 16.2 Å². The number of rotatable bonds is 2. The molecule has 0 amide bonds. The van der Waals surface area contributed by atoms with Gasteiger partial charge in [0.1, 0.15) is 28.8 Å². The first-order chi connectivity index (χ1) is 11.2. The molecule has 0 aliphatic carbocycles. The van der Waals surface area contributed by atoms with Gasteiger partial charge >= 0.3 is 5.97 Å². The van der Waals surface area contributed by atoms with Crippen LogP contribution in [0.3, 0.4) is 0 Å². The van der Waals surface area contributed by atoms with Crippen LogP contribution in [0.2, 0.25) is 5.15 Å². The molecule has 9 heteroatoms. The standard InChI is InChI=1S/C15H16ClN3O5/c1-14(2)23-8-12(22-9(13(20)21)15(8,3)24-14)19-5-4-7-10(16)17-6-18-11(7)19/h4-6,8-9,12H,1-3H3,(H,20,21). The third-order valence-electron chi connectivity index (χ3n) is 4.46. The molecule has 2 aromatic rings. The molecule has 2 saturated heterocycles. The minimum absolute atomic E-state index is 0.318. The Morgan fingerprint density at radius 3 is 2.83 bits per heavy atom. The van der Waals surface area contributed by atoms with Gasteiger partial charge in [0.25, 0.3) is 0 Å². The predicted molar refractivity (Wildman–Crippen MR) is 82.5 cm³/mol. The Kier molecular flexibility index (Phi) is 3.21. The highest BCUT2D eigenvalue weighted by Crippen LogP contribution is 2.50. The zero-order chi connectivity index (χ0) is 17.3. The lowest BCUT2D eigenvalue weighted by Crippen LogP contribution is -2.47. The summed E-state index contributed by atoms with van der Waals surface area (Å²) in [4.78, 5) is 19.9. The number of carboxylic acid groups (broad SMARTS) is 1. The van der Waals surface area contributed by atoms with Crippen molar-refractivity contribution in [2.45, 2.75) is 50.6 Å². The lowest BCUT2D eigenvalue weighted by molar-refractivity contribution is -0.214. The van der Waals surface area contributed by atoms with E-state index in [1.807, 2.05) is 0 Å². The summed E-state index contributed by atoms with van der Waals surface area (Å²) in [5.41, 5.74) is -0.574. The summed E-state index contributed by atoms with van der Waals surface area (Å²) < 4.78 is 19.4. The molecule has 4 rings (SSSR count). The molecular formula is C15H16ClN3O5. The first-order valence-electron chi connectivity index (χ1n) is 7.46. The van der Waals surface area contributed by atoms with Crippen LogP contribution in [0.5, 0.6) is 0 Å². The third-order valence-corrected chi connectivity index (χ3v) is 4.76. The minimum Gasteiger partial charge on any atom is -0.479 e. The molecule has 24 heavy (non-hydrogen) atoms. The number of ether oxygens (including phenoxy) is 3. The Morgan fingerprint density at radius 1 is 1.38 bits per heavy atom. The summed E-state index contributed by atoms with van der Waals surface area (Å²) in [6.45, 7) is 5.19. The number of nitrogens with zero attached hydrogens (tertiary/aromatic N) is 3. The summed E-state index contributed by atoms with van der Waals surface area (Å²) >= 11 is 6.08. The highest BCUT2D eigenvalue weighted by atomic mass is 35.5. The van der Waals surface area contributed by atoms with Gasteiger partial charge in [0.05, 0.1) is 5.39 Å². The maximum absolute atomic E-state index is 11.7. The second-order valence-electron chi connectivity index (χ2n) is 6.59. The van der Waals surface area contributed by atoms with Crippen molar-refractivity contribution in [1.82, 2.24) is 14.5 Å². The normalized spacial score (nSPS) is 34.6. The summed E-state index contributed by atoms with van der Waals surface area (Å²) in [7, 11) is 0. The first-order valence-corrected chi connectivity index (χ1v) is 7.84. The van der Waals surface area contributed by atoms with Crippen LogP contribution < -0.4 is 0 Å². The van der Waals surface area contributed by atoms with Gasteiger partial charge < -0.3 is 23.9 Å². The molecule has 0 spiro atoms. The topological polar surface area (TPSA) is 95.7 Å². The van der Waals surface area contributed by atoms with E-state index in [1.165, 1.54) is 6.33 Å². The van der Waals surface area contributed by atoms with Crippen molar-refractivity contribution in [3.63, 3.8) is 0 Å². The summed E-state index contributed by atoms with van der Waals surface area (Å²) in [5, 5.41) is 10.5. The lowest BCUT2D eigenvalue weighted by Gasteiger charge is -2.26. The van der Waals surface area contributed by atoms with Crippen LogP contribution in [0.25, 0.3) is 11.0 Å². The second-order valence-corrected chi connectivity index (χ2v) is 6.95. The van der Waals surface area contributed by atoms with Gasteiger partial charge in [-0.05, 0) is 26.8 Å². The van der Waals surface area contributed by atoms with Gasteiger partial charge in [-0.1, -0.05) is 11.6 Å². The van der Waals surface area contributed by atoms with E-state index < -0.39 is 35.8 Å². The Balaban J connectivity index is 1.83. The maximum atomic E-state index is 11.7. The number of halogens is 1.